The van der Waals surface area contributed by atoms with Crippen molar-refractivity contribution in [2.45, 2.75) is 6.18 Å². The zero-order valence-electron chi connectivity index (χ0n) is 9.37. The zero-order valence-corrected chi connectivity index (χ0v) is 10.9. The van der Waals surface area contributed by atoms with E-state index in [1.165, 1.54) is 23.5 Å². The Hall–Kier alpha value is -1.47. The summed E-state index contributed by atoms with van der Waals surface area (Å²) in [5.41, 5.74) is 6.79. The second kappa shape index (κ2) is 5.26. The first-order valence-corrected chi connectivity index (χ1v) is 6.31. The number of aromatic nitrogens is 1. The van der Waals surface area contributed by atoms with E-state index in [1.807, 2.05) is 0 Å². The van der Waals surface area contributed by atoms with Gasteiger partial charge in [0.05, 0.1) is 10.7 Å². The largest absolute Gasteiger partial charge is 0.483 e. The summed E-state index contributed by atoms with van der Waals surface area (Å²) in [6, 6.07) is 4.44. The Kier molecular flexibility index (Phi) is 3.86. The van der Waals surface area contributed by atoms with Gasteiger partial charge in [-0.05, 0) is 18.2 Å². The van der Waals surface area contributed by atoms with Crippen LogP contribution in [0.4, 0.5) is 18.3 Å². The minimum atomic E-state index is -4.40. The molecule has 0 saturated carbocycles. The van der Waals surface area contributed by atoms with Gasteiger partial charge >= 0.3 is 6.18 Å². The maximum absolute atomic E-state index is 12.0. The molecule has 1 aromatic heterocycles. The number of thiazole rings is 1. The molecule has 2 rings (SSSR count). The molecule has 0 radical (unpaired) electrons. The van der Waals surface area contributed by atoms with E-state index in [4.69, 9.17) is 17.3 Å². The molecule has 1 heterocycles. The SMILES string of the molecule is Nc1nc(-c2ccc(OCC(F)(F)F)c(Cl)c2)cs1. The number of benzene rings is 1. The molecule has 0 amide bonds. The van der Waals surface area contributed by atoms with E-state index in [9.17, 15) is 13.2 Å². The van der Waals surface area contributed by atoms with Crippen molar-refractivity contribution in [2.75, 3.05) is 12.3 Å². The molecule has 0 spiro atoms. The average molecular weight is 309 g/mol. The van der Waals surface area contributed by atoms with Crippen LogP contribution in [0.25, 0.3) is 11.3 Å². The van der Waals surface area contributed by atoms with Crippen LogP contribution in [0, 0.1) is 0 Å². The Balaban J connectivity index is 2.18. The van der Waals surface area contributed by atoms with Crippen LogP contribution in [-0.4, -0.2) is 17.8 Å². The van der Waals surface area contributed by atoms with E-state index in [-0.39, 0.29) is 10.8 Å². The van der Waals surface area contributed by atoms with Crippen molar-refractivity contribution in [3.63, 3.8) is 0 Å². The summed E-state index contributed by atoms with van der Waals surface area (Å²) in [4.78, 5) is 4.05. The second-order valence-electron chi connectivity index (χ2n) is 3.62. The van der Waals surface area contributed by atoms with Crippen molar-refractivity contribution in [1.82, 2.24) is 4.98 Å². The fourth-order valence-corrected chi connectivity index (χ4v) is 2.16. The number of nitrogens with zero attached hydrogens (tertiary/aromatic N) is 1. The number of halogens is 4. The van der Waals surface area contributed by atoms with Gasteiger partial charge in [0.2, 0.25) is 0 Å². The molecular formula is C11H8ClF3N2OS. The first-order chi connectivity index (χ1) is 8.85. The second-order valence-corrected chi connectivity index (χ2v) is 4.92. The molecule has 8 heteroatoms. The normalized spacial score (nSPS) is 11.6. The van der Waals surface area contributed by atoms with Crippen LogP contribution < -0.4 is 10.5 Å². The van der Waals surface area contributed by atoms with Crippen LogP contribution in [-0.2, 0) is 0 Å². The maximum Gasteiger partial charge on any atom is 0.422 e. The Morgan fingerprint density at radius 1 is 1.37 bits per heavy atom. The average Bonchev–Trinajstić information content (AvgIpc) is 2.73. The lowest BCUT2D eigenvalue weighted by atomic mass is 10.2. The predicted molar refractivity (Wildman–Crippen MR) is 68.5 cm³/mol. The Bertz CT molecular complexity index is 586. The molecule has 3 nitrogen and oxygen atoms in total. The lowest BCUT2D eigenvalue weighted by Gasteiger charge is -2.10. The van der Waals surface area contributed by atoms with Crippen molar-refractivity contribution in [1.29, 1.82) is 0 Å². The van der Waals surface area contributed by atoms with E-state index >= 15 is 0 Å². The fourth-order valence-electron chi connectivity index (χ4n) is 1.36. The molecule has 0 fully saturated rings. The summed E-state index contributed by atoms with van der Waals surface area (Å²) in [5, 5.41) is 2.23. The van der Waals surface area contributed by atoms with E-state index < -0.39 is 12.8 Å². The highest BCUT2D eigenvalue weighted by Crippen LogP contribution is 2.32. The molecule has 0 aliphatic heterocycles. The molecule has 0 bridgehead atoms. The van der Waals surface area contributed by atoms with Crippen LogP contribution in [0.3, 0.4) is 0 Å². The molecule has 19 heavy (non-hydrogen) atoms. The quantitative estimate of drug-likeness (QED) is 0.932. The molecule has 0 aliphatic carbocycles. The number of alkyl halides is 3. The van der Waals surface area contributed by atoms with Crippen LogP contribution in [0.1, 0.15) is 0 Å². The first kappa shape index (κ1) is 14.0. The third kappa shape index (κ3) is 3.74. The van der Waals surface area contributed by atoms with E-state index in [0.717, 1.165) is 0 Å². The highest BCUT2D eigenvalue weighted by atomic mass is 35.5. The standard InChI is InChI=1S/C11H8ClF3N2OS/c12-7-3-6(8-4-19-10(16)17-8)1-2-9(7)18-5-11(13,14)15/h1-4H,5H2,(H2,16,17). The first-order valence-electron chi connectivity index (χ1n) is 5.05. The third-order valence-electron chi connectivity index (χ3n) is 2.14. The molecule has 102 valence electrons. The topological polar surface area (TPSA) is 48.1 Å². The summed E-state index contributed by atoms with van der Waals surface area (Å²) >= 11 is 7.13. The minimum absolute atomic E-state index is 0.0223. The number of nitrogen functional groups attached to an aromatic ring is 1. The van der Waals surface area contributed by atoms with Gasteiger partial charge in [0.25, 0.3) is 0 Å². The van der Waals surface area contributed by atoms with Gasteiger partial charge in [0.1, 0.15) is 5.75 Å². The number of hydrogen-bond donors (Lipinski definition) is 1. The summed E-state index contributed by atoms with van der Waals surface area (Å²) < 4.78 is 40.7. The van der Waals surface area contributed by atoms with Crippen LogP contribution in [0.2, 0.25) is 5.02 Å². The van der Waals surface area contributed by atoms with Crippen molar-refractivity contribution < 1.29 is 17.9 Å². The molecule has 0 saturated heterocycles. The lowest BCUT2D eigenvalue weighted by Crippen LogP contribution is -2.19. The highest BCUT2D eigenvalue weighted by molar-refractivity contribution is 7.13. The van der Waals surface area contributed by atoms with Crippen molar-refractivity contribution in [2.24, 2.45) is 0 Å². The number of anilines is 1. The third-order valence-corrected chi connectivity index (χ3v) is 3.11. The summed E-state index contributed by atoms with van der Waals surface area (Å²) in [6.45, 7) is -1.38. The number of rotatable bonds is 3. The fraction of sp³-hybridized carbons (Fsp3) is 0.182. The molecule has 2 N–H and O–H groups in total. The highest BCUT2D eigenvalue weighted by Gasteiger charge is 2.28. The monoisotopic (exact) mass is 308 g/mol. The Labute approximate surface area is 115 Å². The Morgan fingerprint density at radius 2 is 2.11 bits per heavy atom. The number of ether oxygens (including phenoxy) is 1. The summed E-state index contributed by atoms with van der Waals surface area (Å²) in [5.74, 6) is -0.0223. The van der Waals surface area contributed by atoms with Crippen LogP contribution >= 0.6 is 22.9 Å². The predicted octanol–water partition coefficient (Wildman–Crippen LogP) is 3.99. The smallest absolute Gasteiger partial charge is 0.422 e. The van der Waals surface area contributed by atoms with E-state index in [0.29, 0.717) is 16.4 Å². The van der Waals surface area contributed by atoms with E-state index in [2.05, 4.69) is 9.72 Å². The van der Waals surface area contributed by atoms with Gasteiger partial charge in [-0.2, -0.15) is 13.2 Å². The van der Waals surface area contributed by atoms with E-state index in [1.54, 1.807) is 11.4 Å². The molecule has 0 unspecified atom stereocenters. The van der Waals surface area contributed by atoms with Crippen molar-refractivity contribution in [3.05, 3.63) is 28.6 Å². The van der Waals surface area contributed by atoms with Gasteiger partial charge in [-0.1, -0.05) is 11.6 Å². The maximum atomic E-state index is 12.0. The molecule has 1 aromatic carbocycles. The van der Waals surface area contributed by atoms with Gasteiger partial charge in [-0.15, -0.1) is 11.3 Å². The summed E-state index contributed by atoms with van der Waals surface area (Å²) in [7, 11) is 0. The Morgan fingerprint density at radius 3 is 2.63 bits per heavy atom. The molecule has 0 aliphatic rings. The van der Waals surface area contributed by atoms with Gasteiger partial charge in [-0.25, -0.2) is 4.98 Å². The van der Waals surface area contributed by atoms with Crippen molar-refractivity contribution >= 4 is 28.1 Å². The molecular weight excluding hydrogens is 301 g/mol. The van der Waals surface area contributed by atoms with Gasteiger partial charge in [-0.3, -0.25) is 0 Å². The lowest BCUT2D eigenvalue weighted by molar-refractivity contribution is -0.153. The summed E-state index contributed by atoms with van der Waals surface area (Å²) in [6.07, 6.45) is -4.40. The van der Waals surface area contributed by atoms with Gasteiger partial charge in [0.15, 0.2) is 11.7 Å². The van der Waals surface area contributed by atoms with Crippen LogP contribution in [0.5, 0.6) is 5.75 Å². The van der Waals surface area contributed by atoms with Gasteiger partial charge < -0.3 is 10.5 Å². The number of nitrogens with two attached hydrogens (primary N) is 1. The molecule has 0 atom stereocenters. The van der Waals surface area contributed by atoms with Gasteiger partial charge in [0, 0.05) is 10.9 Å². The molecule has 2 aromatic rings. The van der Waals surface area contributed by atoms with Crippen LogP contribution in [0.15, 0.2) is 23.6 Å². The number of hydrogen-bond acceptors (Lipinski definition) is 4. The minimum Gasteiger partial charge on any atom is -0.483 e. The zero-order chi connectivity index (χ0) is 14.0. The van der Waals surface area contributed by atoms with Crippen molar-refractivity contribution in [3.8, 4) is 17.0 Å².